The monoisotopic (exact) mass is 478 g/mol. The number of nitrogens with zero attached hydrogens (tertiary/aromatic N) is 2. The van der Waals surface area contributed by atoms with Gasteiger partial charge in [0.15, 0.2) is 0 Å². The van der Waals surface area contributed by atoms with E-state index in [9.17, 15) is 14.4 Å². The van der Waals surface area contributed by atoms with Crippen LogP contribution < -0.4 is 15.5 Å². The molecule has 0 radical (unpaired) electrons. The highest BCUT2D eigenvalue weighted by Crippen LogP contribution is 2.31. The van der Waals surface area contributed by atoms with Crippen molar-refractivity contribution in [3.63, 3.8) is 0 Å². The van der Waals surface area contributed by atoms with Crippen molar-refractivity contribution in [1.82, 2.24) is 4.98 Å². The van der Waals surface area contributed by atoms with Crippen molar-refractivity contribution < 1.29 is 14.4 Å². The van der Waals surface area contributed by atoms with Crippen molar-refractivity contribution in [2.24, 2.45) is 5.92 Å². The van der Waals surface area contributed by atoms with Crippen molar-refractivity contribution in [2.75, 3.05) is 22.1 Å². The molecule has 1 atom stereocenters. The van der Waals surface area contributed by atoms with Gasteiger partial charge in [0.25, 0.3) is 5.91 Å². The Morgan fingerprint density at radius 2 is 1.68 bits per heavy atom. The van der Waals surface area contributed by atoms with Crippen molar-refractivity contribution in [3.05, 3.63) is 83.1 Å². The average Bonchev–Trinajstić information content (AvgIpc) is 3.16. The summed E-state index contributed by atoms with van der Waals surface area (Å²) in [5.74, 6) is -1.06. The molecule has 8 heteroatoms. The van der Waals surface area contributed by atoms with Crippen LogP contribution in [-0.4, -0.2) is 29.3 Å². The van der Waals surface area contributed by atoms with Gasteiger partial charge in [-0.15, -0.1) is 0 Å². The fourth-order valence-corrected chi connectivity index (χ4v) is 3.91. The average molecular weight is 479 g/mol. The topological polar surface area (TPSA) is 91.4 Å². The molecule has 2 heterocycles. The highest BCUT2D eigenvalue weighted by molar-refractivity contribution is 9.10. The molecule has 3 aromatic rings. The summed E-state index contributed by atoms with van der Waals surface area (Å²) >= 11 is 3.46. The van der Waals surface area contributed by atoms with Crippen molar-refractivity contribution in [1.29, 1.82) is 0 Å². The van der Waals surface area contributed by atoms with Gasteiger partial charge in [-0.05, 0) is 58.4 Å². The van der Waals surface area contributed by atoms with E-state index in [0.29, 0.717) is 23.5 Å². The van der Waals surface area contributed by atoms with Gasteiger partial charge in [-0.1, -0.05) is 18.2 Å². The van der Waals surface area contributed by atoms with Crippen LogP contribution in [0.15, 0.2) is 77.5 Å². The molecule has 1 saturated heterocycles. The standard InChI is InChI=1S/C23H19BrN4O3/c24-19-6-1-2-7-20(19)28-14-16(12-21(28)29)23(31)27-18-5-3-4-17(13-18)26-22(30)15-8-10-25-11-9-15/h1-11,13,16H,12,14H2,(H,26,30)(H,27,31). The fraction of sp³-hybridized carbons (Fsp3) is 0.130. The SMILES string of the molecule is O=C(Nc1cccc(NC(=O)C2CC(=O)N(c3ccccc3Br)C2)c1)c1ccncc1. The molecule has 1 aliphatic rings. The lowest BCUT2D eigenvalue weighted by Gasteiger charge is -2.18. The second-order valence-corrected chi connectivity index (χ2v) is 7.97. The summed E-state index contributed by atoms with van der Waals surface area (Å²) in [6.07, 6.45) is 3.24. The Morgan fingerprint density at radius 3 is 2.42 bits per heavy atom. The quantitative estimate of drug-likeness (QED) is 0.577. The van der Waals surface area contributed by atoms with Crippen LogP contribution in [-0.2, 0) is 9.59 Å². The Labute approximate surface area is 187 Å². The molecule has 2 N–H and O–H groups in total. The molecule has 1 aromatic heterocycles. The Balaban J connectivity index is 1.41. The van der Waals surface area contributed by atoms with E-state index in [0.717, 1.165) is 10.2 Å². The van der Waals surface area contributed by atoms with Crippen molar-refractivity contribution >= 4 is 50.7 Å². The van der Waals surface area contributed by atoms with Crippen LogP contribution in [0.5, 0.6) is 0 Å². The smallest absolute Gasteiger partial charge is 0.255 e. The van der Waals surface area contributed by atoms with E-state index in [1.807, 2.05) is 24.3 Å². The van der Waals surface area contributed by atoms with E-state index in [-0.39, 0.29) is 24.1 Å². The van der Waals surface area contributed by atoms with E-state index in [1.165, 1.54) is 0 Å². The molecular formula is C23H19BrN4O3. The molecule has 0 spiro atoms. The first-order valence-corrected chi connectivity index (χ1v) is 10.5. The van der Waals surface area contributed by atoms with Gasteiger partial charge in [0.1, 0.15) is 0 Å². The molecule has 1 unspecified atom stereocenters. The maximum absolute atomic E-state index is 12.8. The minimum Gasteiger partial charge on any atom is -0.326 e. The fourth-order valence-electron chi connectivity index (χ4n) is 3.41. The largest absolute Gasteiger partial charge is 0.326 e. The van der Waals surface area contributed by atoms with Gasteiger partial charge in [0, 0.05) is 46.8 Å². The van der Waals surface area contributed by atoms with Gasteiger partial charge in [0.05, 0.1) is 11.6 Å². The van der Waals surface area contributed by atoms with Crippen LogP contribution in [0.1, 0.15) is 16.8 Å². The lowest BCUT2D eigenvalue weighted by Crippen LogP contribution is -2.28. The molecular weight excluding hydrogens is 460 g/mol. The number of anilines is 3. The van der Waals surface area contributed by atoms with Gasteiger partial charge in [-0.25, -0.2) is 0 Å². The molecule has 4 rings (SSSR count). The number of pyridine rings is 1. The summed E-state index contributed by atoms with van der Waals surface area (Å²) in [6.45, 7) is 0.311. The van der Waals surface area contributed by atoms with E-state index >= 15 is 0 Å². The first-order valence-electron chi connectivity index (χ1n) is 9.68. The number of hydrogen-bond acceptors (Lipinski definition) is 4. The molecule has 0 saturated carbocycles. The third-order valence-corrected chi connectivity index (χ3v) is 5.64. The Morgan fingerprint density at radius 1 is 0.968 bits per heavy atom. The third kappa shape index (κ3) is 4.80. The number of para-hydroxylation sites is 1. The summed E-state index contributed by atoms with van der Waals surface area (Å²) in [7, 11) is 0. The predicted octanol–water partition coefficient (Wildman–Crippen LogP) is 4.09. The number of rotatable bonds is 5. The summed E-state index contributed by atoms with van der Waals surface area (Å²) in [6, 6.07) is 17.6. The number of hydrogen-bond donors (Lipinski definition) is 2. The van der Waals surface area contributed by atoms with E-state index in [1.54, 1.807) is 53.7 Å². The van der Waals surface area contributed by atoms with Crippen molar-refractivity contribution in [2.45, 2.75) is 6.42 Å². The normalized spacial score (nSPS) is 15.6. The van der Waals surface area contributed by atoms with E-state index in [2.05, 4.69) is 31.5 Å². The number of carbonyl (C=O) groups excluding carboxylic acids is 3. The molecule has 0 bridgehead atoms. The highest BCUT2D eigenvalue weighted by Gasteiger charge is 2.35. The van der Waals surface area contributed by atoms with Gasteiger partial charge >= 0.3 is 0 Å². The number of nitrogens with one attached hydrogen (secondary N) is 2. The molecule has 3 amide bonds. The van der Waals surface area contributed by atoms with Gasteiger partial charge < -0.3 is 15.5 Å². The predicted molar refractivity (Wildman–Crippen MR) is 122 cm³/mol. The molecule has 156 valence electrons. The van der Waals surface area contributed by atoms with Crippen LogP contribution in [0.4, 0.5) is 17.1 Å². The summed E-state index contributed by atoms with van der Waals surface area (Å²) in [5.41, 5.74) is 2.34. The van der Waals surface area contributed by atoms with Gasteiger partial charge in [-0.2, -0.15) is 0 Å². The summed E-state index contributed by atoms with van der Waals surface area (Å²) < 4.78 is 0.807. The first kappa shape index (κ1) is 20.7. The Hall–Kier alpha value is -3.52. The van der Waals surface area contributed by atoms with Crippen LogP contribution in [0.2, 0.25) is 0 Å². The van der Waals surface area contributed by atoms with E-state index < -0.39 is 5.92 Å². The Kier molecular flexibility index (Phi) is 6.08. The van der Waals surface area contributed by atoms with Gasteiger partial charge in [0.2, 0.25) is 11.8 Å². The second-order valence-electron chi connectivity index (χ2n) is 7.12. The lowest BCUT2D eigenvalue weighted by molar-refractivity contribution is -0.122. The number of benzene rings is 2. The van der Waals surface area contributed by atoms with Crippen LogP contribution >= 0.6 is 15.9 Å². The second kappa shape index (κ2) is 9.09. The molecule has 0 aliphatic carbocycles. The van der Waals surface area contributed by atoms with Crippen LogP contribution in [0, 0.1) is 5.92 Å². The molecule has 31 heavy (non-hydrogen) atoms. The maximum Gasteiger partial charge on any atom is 0.255 e. The minimum atomic E-state index is -0.463. The lowest BCUT2D eigenvalue weighted by atomic mass is 10.1. The van der Waals surface area contributed by atoms with Crippen LogP contribution in [0.25, 0.3) is 0 Å². The van der Waals surface area contributed by atoms with Gasteiger partial charge in [-0.3, -0.25) is 19.4 Å². The number of aromatic nitrogens is 1. The number of carbonyl (C=O) groups is 3. The maximum atomic E-state index is 12.8. The first-order chi connectivity index (χ1) is 15.0. The highest BCUT2D eigenvalue weighted by atomic mass is 79.9. The zero-order chi connectivity index (χ0) is 21.8. The van der Waals surface area contributed by atoms with Crippen LogP contribution in [0.3, 0.4) is 0 Å². The zero-order valence-electron chi connectivity index (χ0n) is 16.4. The molecule has 1 aliphatic heterocycles. The number of halogens is 1. The minimum absolute atomic E-state index is 0.0922. The summed E-state index contributed by atoms with van der Waals surface area (Å²) in [5, 5.41) is 5.65. The third-order valence-electron chi connectivity index (χ3n) is 4.97. The molecule has 7 nitrogen and oxygen atoms in total. The molecule has 1 fully saturated rings. The van der Waals surface area contributed by atoms with E-state index in [4.69, 9.17) is 0 Å². The summed E-state index contributed by atoms with van der Waals surface area (Å²) in [4.78, 5) is 43.1. The molecule has 2 aromatic carbocycles. The number of amides is 3. The van der Waals surface area contributed by atoms with Crippen molar-refractivity contribution in [3.8, 4) is 0 Å². The Bertz CT molecular complexity index is 1140. The zero-order valence-corrected chi connectivity index (χ0v) is 18.0.